The number of aldehydes is 1. The molecule has 28 heavy (non-hydrogen) atoms. The van der Waals surface area contributed by atoms with Gasteiger partial charge in [-0.3, -0.25) is 4.90 Å². The van der Waals surface area contributed by atoms with Crippen molar-refractivity contribution >= 4 is 12.4 Å². The van der Waals surface area contributed by atoms with Crippen molar-refractivity contribution in [2.75, 3.05) is 26.8 Å². The molecule has 0 radical (unpaired) electrons. The Labute approximate surface area is 169 Å². The van der Waals surface area contributed by atoms with Crippen LogP contribution >= 0.6 is 0 Å². The number of hydrogen-bond donors (Lipinski definition) is 1. The lowest BCUT2D eigenvalue weighted by Gasteiger charge is -2.41. The predicted octanol–water partition coefficient (Wildman–Crippen LogP) is 4.17. The van der Waals surface area contributed by atoms with Crippen LogP contribution in [0.4, 0.5) is 0 Å². The summed E-state index contributed by atoms with van der Waals surface area (Å²) in [5.74, 6) is 0.0256. The molecule has 0 spiro atoms. The highest BCUT2D eigenvalue weighted by atomic mass is 16.5. The fraction of sp³-hybridized carbons (Fsp3) is 0.625. The monoisotopic (exact) mass is 385 g/mol. The van der Waals surface area contributed by atoms with Crippen LogP contribution in [0.3, 0.4) is 0 Å². The van der Waals surface area contributed by atoms with Gasteiger partial charge in [-0.1, -0.05) is 42.3 Å². The van der Waals surface area contributed by atoms with Crippen molar-refractivity contribution in [2.45, 2.75) is 63.5 Å². The largest absolute Gasteiger partial charge is 0.385 e. The second-order valence-corrected chi connectivity index (χ2v) is 8.46. The Bertz CT molecular complexity index is 645. The molecule has 3 fully saturated rings. The number of hydrogen-bond acceptors (Lipinski definition) is 4. The molecule has 154 valence electrons. The molecule has 0 aromatic heterocycles. The second kappa shape index (κ2) is 9.82. The zero-order valence-electron chi connectivity index (χ0n) is 17.4. The van der Waals surface area contributed by atoms with Crippen molar-refractivity contribution in [2.24, 2.45) is 5.92 Å². The molecular formula is C24H35NO3. The van der Waals surface area contributed by atoms with Gasteiger partial charge in [-0.05, 0) is 56.6 Å². The van der Waals surface area contributed by atoms with Crippen molar-refractivity contribution in [3.05, 3.63) is 41.0 Å². The number of carbonyl (C=O) groups is 1. The van der Waals surface area contributed by atoms with Gasteiger partial charge in [0.15, 0.2) is 0 Å². The first kappa shape index (κ1) is 21.2. The van der Waals surface area contributed by atoms with E-state index >= 15 is 0 Å². The maximum Gasteiger partial charge on any atom is 0.123 e. The Hall–Kier alpha value is -1.49. The third-order valence-electron chi connectivity index (χ3n) is 6.53. The minimum absolute atomic E-state index is 0.0256. The molecule has 0 amide bonds. The van der Waals surface area contributed by atoms with Gasteiger partial charge in [0, 0.05) is 38.8 Å². The summed E-state index contributed by atoms with van der Waals surface area (Å²) in [6.45, 7) is 5.20. The number of rotatable bonds is 5. The summed E-state index contributed by atoms with van der Waals surface area (Å²) < 4.78 is 4.54. The Balaban J connectivity index is 0.000000516. The minimum Gasteiger partial charge on any atom is -0.385 e. The van der Waals surface area contributed by atoms with Crippen molar-refractivity contribution in [1.29, 1.82) is 0 Å². The first-order valence-corrected chi connectivity index (χ1v) is 10.8. The lowest BCUT2D eigenvalue weighted by Crippen LogP contribution is -2.43. The van der Waals surface area contributed by atoms with Crippen molar-refractivity contribution in [1.82, 2.24) is 4.90 Å². The van der Waals surface area contributed by atoms with Crippen molar-refractivity contribution in [3.63, 3.8) is 0 Å². The first-order valence-electron chi connectivity index (χ1n) is 10.8. The summed E-state index contributed by atoms with van der Waals surface area (Å²) in [5.41, 5.74) is 2.93. The number of methoxy groups -OCH3 is 1. The van der Waals surface area contributed by atoms with Gasteiger partial charge >= 0.3 is 0 Å². The molecular weight excluding hydrogens is 350 g/mol. The van der Waals surface area contributed by atoms with Crippen molar-refractivity contribution in [3.8, 4) is 0 Å². The number of ether oxygens (including phenoxy) is 1. The standard InChI is InChI=1S/C21H27NO2.C3H8O/c23-15-18-13-21(24,14-18)19-6-4-16(5-7-19)12-17-8-10-22(11-9-17)20-2-1-3-20;1-3-4-2/h4-7,12,15,18,20,24H,1-3,8-11,13-14H2;3H2,1-2H3. The van der Waals surface area contributed by atoms with E-state index in [1.54, 1.807) is 12.7 Å². The van der Waals surface area contributed by atoms with Gasteiger partial charge < -0.3 is 14.6 Å². The molecule has 4 nitrogen and oxygen atoms in total. The van der Waals surface area contributed by atoms with Crippen LogP contribution in [0.1, 0.15) is 63.0 Å². The molecule has 0 atom stereocenters. The van der Waals surface area contributed by atoms with Crippen LogP contribution in [0, 0.1) is 5.92 Å². The van der Waals surface area contributed by atoms with Gasteiger partial charge in [-0.15, -0.1) is 0 Å². The Morgan fingerprint density at radius 3 is 2.25 bits per heavy atom. The normalized spacial score (nSPS) is 27.8. The molecule has 0 bridgehead atoms. The molecule has 0 unspecified atom stereocenters. The second-order valence-electron chi connectivity index (χ2n) is 8.46. The van der Waals surface area contributed by atoms with Crippen molar-refractivity contribution < 1.29 is 14.6 Å². The van der Waals surface area contributed by atoms with Crippen LogP contribution in [0.2, 0.25) is 0 Å². The number of likely N-dealkylation sites (tertiary alicyclic amines) is 1. The van der Waals surface area contributed by atoms with Gasteiger partial charge in [0.2, 0.25) is 0 Å². The van der Waals surface area contributed by atoms with Gasteiger partial charge in [-0.25, -0.2) is 0 Å². The molecule has 4 heteroatoms. The molecule has 1 saturated heterocycles. The van der Waals surface area contributed by atoms with E-state index in [1.165, 1.54) is 50.8 Å². The van der Waals surface area contributed by atoms with Gasteiger partial charge in [-0.2, -0.15) is 0 Å². The number of carbonyl (C=O) groups excluding carboxylic acids is 1. The number of aliphatic hydroxyl groups is 1. The highest BCUT2D eigenvalue weighted by molar-refractivity contribution is 5.58. The lowest BCUT2D eigenvalue weighted by atomic mass is 9.68. The average Bonchev–Trinajstić information content (AvgIpc) is 2.66. The zero-order valence-corrected chi connectivity index (χ0v) is 17.4. The molecule has 1 N–H and O–H groups in total. The van der Waals surface area contributed by atoms with E-state index in [-0.39, 0.29) is 5.92 Å². The Kier molecular flexibility index (Phi) is 7.44. The molecule has 3 aliphatic rings. The summed E-state index contributed by atoms with van der Waals surface area (Å²) in [6, 6.07) is 9.12. The van der Waals surface area contributed by atoms with E-state index < -0.39 is 5.60 Å². The highest BCUT2D eigenvalue weighted by Crippen LogP contribution is 2.44. The molecule has 4 rings (SSSR count). The number of benzene rings is 1. The fourth-order valence-corrected chi connectivity index (χ4v) is 4.34. The lowest BCUT2D eigenvalue weighted by molar-refractivity contribution is -0.128. The van der Waals surface area contributed by atoms with E-state index in [0.717, 1.165) is 24.5 Å². The van der Waals surface area contributed by atoms with E-state index in [2.05, 4.69) is 27.8 Å². The fourth-order valence-electron chi connectivity index (χ4n) is 4.34. The summed E-state index contributed by atoms with van der Waals surface area (Å²) in [6.07, 6.45) is 11.0. The van der Waals surface area contributed by atoms with Gasteiger partial charge in [0.1, 0.15) is 6.29 Å². The maximum atomic E-state index is 10.7. The Morgan fingerprint density at radius 2 is 1.79 bits per heavy atom. The maximum absolute atomic E-state index is 10.7. The van der Waals surface area contributed by atoms with Crippen LogP contribution in [0.5, 0.6) is 0 Å². The third kappa shape index (κ3) is 5.11. The minimum atomic E-state index is -0.786. The SMILES string of the molecule is CCOC.O=CC1CC(O)(c2ccc(C=C3CCN(C4CCC4)CC3)cc2)C1. The van der Waals surface area contributed by atoms with E-state index in [4.69, 9.17) is 0 Å². The van der Waals surface area contributed by atoms with Crippen LogP contribution in [-0.2, 0) is 15.1 Å². The van der Waals surface area contributed by atoms with E-state index in [1.807, 2.05) is 19.1 Å². The summed E-state index contributed by atoms with van der Waals surface area (Å²) in [5, 5.41) is 10.5. The summed E-state index contributed by atoms with van der Waals surface area (Å²) >= 11 is 0. The number of piperidine rings is 1. The molecule has 1 aromatic rings. The zero-order chi connectivity index (χ0) is 20.0. The number of nitrogens with zero attached hydrogens (tertiary/aromatic N) is 1. The van der Waals surface area contributed by atoms with E-state index in [0.29, 0.717) is 12.8 Å². The van der Waals surface area contributed by atoms with Gasteiger partial charge in [0.25, 0.3) is 0 Å². The molecule has 2 saturated carbocycles. The average molecular weight is 386 g/mol. The molecule has 1 aromatic carbocycles. The predicted molar refractivity (Wildman–Crippen MR) is 113 cm³/mol. The Morgan fingerprint density at radius 1 is 1.18 bits per heavy atom. The van der Waals surface area contributed by atoms with Crippen LogP contribution < -0.4 is 0 Å². The smallest absolute Gasteiger partial charge is 0.123 e. The highest BCUT2D eigenvalue weighted by Gasteiger charge is 2.43. The van der Waals surface area contributed by atoms with Crippen LogP contribution in [-0.4, -0.2) is 49.1 Å². The van der Waals surface area contributed by atoms with Gasteiger partial charge in [0.05, 0.1) is 5.60 Å². The van der Waals surface area contributed by atoms with Crippen LogP contribution in [0.25, 0.3) is 6.08 Å². The quantitative estimate of drug-likeness (QED) is 0.773. The molecule has 1 aliphatic heterocycles. The summed E-state index contributed by atoms with van der Waals surface area (Å²) in [7, 11) is 1.68. The van der Waals surface area contributed by atoms with Crippen LogP contribution in [0.15, 0.2) is 29.8 Å². The third-order valence-corrected chi connectivity index (χ3v) is 6.53. The molecule has 1 heterocycles. The summed E-state index contributed by atoms with van der Waals surface area (Å²) in [4.78, 5) is 13.4. The van der Waals surface area contributed by atoms with E-state index in [9.17, 15) is 9.90 Å². The first-order chi connectivity index (χ1) is 13.6. The molecule has 2 aliphatic carbocycles. The topological polar surface area (TPSA) is 49.8 Å².